The van der Waals surface area contributed by atoms with Gasteiger partial charge in [-0.25, -0.2) is 4.79 Å². The molecular formula is C10H6F3N3O3. The van der Waals surface area contributed by atoms with Gasteiger partial charge in [0.05, 0.1) is 23.0 Å². The number of carbonyl (C=O) groups is 2. The summed E-state index contributed by atoms with van der Waals surface area (Å²) in [5.74, 6) is -3.70. The number of anilines is 1. The molecule has 6 nitrogen and oxygen atoms in total. The number of aromatic amines is 1. The molecule has 0 unspecified atom stereocenters. The first kappa shape index (κ1) is 12.9. The number of rotatable bonds is 2. The van der Waals surface area contributed by atoms with Gasteiger partial charge < -0.3 is 10.4 Å². The van der Waals surface area contributed by atoms with Crippen LogP contribution in [0.15, 0.2) is 18.3 Å². The Balaban J connectivity index is 2.48. The molecule has 2 aromatic rings. The fraction of sp³-hybridized carbons (Fsp3) is 0.100. The minimum atomic E-state index is -5.10. The van der Waals surface area contributed by atoms with Crippen molar-refractivity contribution in [1.29, 1.82) is 0 Å². The van der Waals surface area contributed by atoms with Gasteiger partial charge in [0.1, 0.15) is 0 Å². The standard InChI is InChI=1S/C10H6F3N3O3/c11-10(12,13)9(19)15-7-1-4-3-14-16-6(4)2-5(7)8(17)18/h1-3H,(H,14,16)(H,15,19)(H,17,18). The van der Waals surface area contributed by atoms with Gasteiger partial charge in [0.15, 0.2) is 0 Å². The van der Waals surface area contributed by atoms with Crippen LogP contribution in [-0.2, 0) is 4.79 Å². The molecule has 19 heavy (non-hydrogen) atoms. The first-order valence-electron chi connectivity index (χ1n) is 4.87. The fourth-order valence-electron chi connectivity index (χ4n) is 1.46. The number of amides is 1. The number of fused-ring (bicyclic) bond motifs is 1. The smallest absolute Gasteiger partial charge is 0.471 e. The van der Waals surface area contributed by atoms with Crippen molar-refractivity contribution >= 4 is 28.5 Å². The number of hydrogen-bond donors (Lipinski definition) is 3. The van der Waals surface area contributed by atoms with Crippen LogP contribution in [0.5, 0.6) is 0 Å². The summed E-state index contributed by atoms with van der Waals surface area (Å²) in [6, 6.07) is 2.20. The van der Waals surface area contributed by atoms with E-state index < -0.39 is 29.3 Å². The molecule has 1 aromatic heterocycles. The van der Waals surface area contributed by atoms with E-state index in [0.29, 0.717) is 10.9 Å². The third kappa shape index (κ3) is 2.49. The van der Waals surface area contributed by atoms with E-state index in [1.54, 1.807) is 0 Å². The molecular weight excluding hydrogens is 267 g/mol. The highest BCUT2D eigenvalue weighted by molar-refractivity contribution is 6.05. The lowest BCUT2D eigenvalue weighted by Crippen LogP contribution is -2.30. The van der Waals surface area contributed by atoms with Crippen molar-refractivity contribution in [1.82, 2.24) is 10.2 Å². The van der Waals surface area contributed by atoms with Crippen molar-refractivity contribution < 1.29 is 27.9 Å². The molecule has 100 valence electrons. The van der Waals surface area contributed by atoms with Crippen molar-refractivity contribution in [3.8, 4) is 0 Å². The second-order valence-electron chi connectivity index (χ2n) is 3.61. The summed E-state index contributed by atoms with van der Waals surface area (Å²) in [5, 5.41) is 16.9. The Labute approximate surface area is 103 Å². The molecule has 0 spiro atoms. The molecule has 1 amide bonds. The Morgan fingerprint density at radius 2 is 2.00 bits per heavy atom. The summed E-state index contributed by atoms with van der Waals surface area (Å²) in [5.41, 5.74) is -0.569. The van der Waals surface area contributed by atoms with E-state index >= 15 is 0 Å². The van der Waals surface area contributed by atoms with E-state index in [9.17, 15) is 22.8 Å². The maximum Gasteiger partial charge on any atom is 0.471 e. The predicted molar refractivity (Wildman–Crippen MR) is 57.7 cm³/mol. The molecule has 1 heterocycles. The SMILES string of the molecule is O=C(O)c1cc2[nH]ncc2cc1NC(=O)C(F)(F)F. The molecule has 2 rings (SSSR count). The fourth-order valence-corrected chi connectivity index (χ4v) is 1.46. The molecule has 0 aliphatic rings. The van der Waals surface area contributed by atoms with Crippen molar-refractivity contribution in [2.45, 2.75) is 6.18 Å². The molecule has 0 aliphatic heterocycles. The van der Waals surface area contributed by atoms with E-state index in [1.807, 2.05) is 0 Å². The Kier molecular flexibility index (Phi) is 2.89. The highest BCUT2D eigenvalue weighted by Crippen LogP contribution is 2.25. The third-order valence-electron chi connectivity index (χ3n) is 2.31. The number of carbonyl (C=O) groups excluding carboxylic acids is 1. The van der Waals surface area contributed by atoms with Crippen LogP contribution in [0.1, 0.15) is 10.4 Å². The van der Waals surface area contributed by atoms with Gasteiger partial charge in [0.25, 0.3) is 0 Å². The number of nitrogens with zero attached hydrogens (tertiary/aromatic N) is 1. The summed E-state index contributed by atoms with van der Waals surface area (Å²) < 4.78 is 36.4. The zero-order chi connectivity index (χ0) is 14.2. The lowest BCUT2D eigenvalue weighted by molar-refractivity contribution is -0.167. The van der Waals surface area contributed by atoms with Crippen molar-refractivity contribution in [3.63, 3.8) is 0 Å². The molecule has 0 fully saturated rings. The molecule has 3 N–H and O–H groups in total. The zero-order valence-electron chi connectivity index (χ0n) is 9.08. The second kappa shape index (κ2) is 4.26. The number of hydrogen-bond acceptors (Lipinski definition) is 3. The van der Waals surface area contributed by atoms with Gasteiger partial charge in [-0.2, -0.15) is 18.3 Å². The van der Waals surface area contributed by atoms with Crippen LogP contribution in [0, 0.1) is 0 Å². The van der Waals surface area contributed by atoms with Crippen LogP contribution in [0.3, 0.4) is 0 Å². The summed E-state index contributed by atoms with van der Waals surface area (Å²) in [6.07, 6.45) is -3.80. The number of H-pyrrole nitrogens is 1. The third-order valence-corrected chi connectivity index (χ3v) is 2.31. The normalized spacial score (nSPS) is 11.5. The zero-order valence-corrected chi connectivity index (χ0v) is 9.08. The van der Waals surface area contributed by atoms with Crippen LogP contribution < -0.4 is 5.32 Å². The highest BCUT2D eigenvalue weighted by atomic mass is 19.4. The minimum Gasteiger partial charge on any atom is -0.478 e. The Morgan fingerprint density at radius 3 is 2.58 bits per heavy atom. The van der Waals surface area contributed by atoms with Gasteiger partial charge in [-0.15, -0.1) is 0 Å². The van der Waals surface area contributed by atoms with Gasteiger partial charge in [0, 0.05) is 5.39 Å². The van der Waals surface area contributed by atoms with Gasteiger partial charge >= 0.3 is 18.1 Å². The number of benzene rings is 1. The summed E-state index contributed by atoms with van der Waals surface area (Å²) in [4.78, 5) is 21.8. The lowest BCUT2D eigenvalue weighted by Gasteiger charge is -2.10. The van der Waals surface area contributed by atoms with Crippen LogP contribution in [-0.4, -0.2) is 33.4 Å². The number of carboxylic acids is 1. The minimum absolute atomic E-state index is 0.336. The molecule has 0 radical (unpaired) electrons. The Morgan fingerprint density at radius 1 is 1.32 bits per heavy atom. The molecule has 1 aromatic carbocycles. The first-order chi connectivity index (χ1) is 8.79. The first-order valence-corrected chi connectivity index (χ1v) is 4.87. The molecule has 0 atom stereocenters. The van der Waals surface area contributed by atoms with Crippen LogP contribution in [0.4, 0.5) is 18.9 Å². The van der Waals surface area contributed by atoms with E-state index in [4.69, 9.17) is 5.11 Å². The number of halogens is 3. The Bertz CT molecular complexity index is 663. The average Bonchev–Trinajstić information content (AvgIpc) is 2.73. The number of carboxylic acid groups (broad SMARTS) is 1. The van der Waals surface area contributed by atoms with Gasteiger partial charge in [-0.05, 0) is 12.1 Å². The maximum atomic E-state index is 12.1. The van der Waals surface area contributed by atoms with Gasteiger partial charge in [-0.1, -0.05) is 0 Å². The molecule has 0 aliphatic carbocycles. The van der Waals surface area contributed by atoms with Gasteiger partial charge in [-0.3, -0.25) is 9.89 Å². The topological polar surface area (TPSA) is 95.1 Å². The van der Waals surface area contributed by atoms with E-state index in [-0.39, 0.29) is 0 Å². The summed E-state index contributed by atoms with van der Waals surface area (Å²) in [7, 11) is 0. The monoisotopic (exact) mass is 273 g/mol. The summed E-state index contributed by atoms with van der Waals surface area (Å²) >= 11 is 0. The number of nitrogens with one attached hydrogen (secondary N) is 2. The highest BCUT2D eigenvalue weighted by Gasteiger charge is 2.39. The van der Waals surface area contributed by atoms with Crippen molar-refractivity contribution in [2.75, 3.05) is 5.32 Å². The lowest BCUT2D eigenvalue weighted by atomic mass is 10.1. The summed E-state index contributed by atoms with van der Waals surface area (Å²) in [6.45, 7) is 0. The van der Waals surface area contributed by atoms with Crippen molar-refractivity contribution in [2.24, 2.45) is 0 Å². The van der Waals surface area contributed by atoms with Gasteiger partial charge in [0.2, 0.25) is 0 Å². The van der Waals surface area contributed by atoms with Crippen LogP contribution >= 0.6 is 0 Å². The van der Waals surface area contributed by atoms with E-state index in [1.165, 1.54) is 11.5 Å². The maximum absolute atomic E-state index is 12.1. The largest absolute Gasteiger partial charge is 0.478 e. The molecule has 0 bridgehead atoms. The number of aromatic carboxylic acids is 1. The van der Waals surface area contributed by atoms with Crippen LogP contribution in [0.25, 0.3) is 10.9 Å². The quantitative estimate of drug-likeness (QED) is 0.777. The van der Waals surface area contributed by atoms with Crippen LogP contribution in [0.2, 0.25) is 0 Å². The number of aromatic nitrogens is 2. The predicted octanol–water partition coefficient (Wildman–Crippen LogP) is 1.76. The Hall–Kier alpha value is -2.58. The van der Waals surface area contributed by atoms with E-state index in [0.717, 1.165) is 12.1 Å². The van der Waals surface area contributed by atoms with E-state index in [2.05, 4.69) is 10.2 Å². The average molecular weight is 273 g/mol. The van der Waals surface area contributed by atoms with Crippen molar-refractivity contribution in [3.05, 3.63) is 23.9 Å². The molecule has 0 saturated heterocycles. The molecule has 9 heteroatoms. The molecule has 0 saturated carbocycles. The second-order valence-corrected chi connectivity index (χ2v) is 3.61. The number of alkyl halides is 3.